The summed E-state index contributed by atoms with van der Waals surface area (Å²) in [6, 6.07) is 13.3. The highest BCUT2D eigenvalue weighted by atomic mass is 32.2. The van der Waals surface area contributed by atoms with Gasteiger partial charge in [0, 0.05) is 4.90 Å². The average molecular weight is 360 g/mol. The van der Waals surface area contributed by atoms with Crippen LogP contribution in [0.1, 0.15) is 0 Å². The lowest BCUT2D eigenvalue weighted by atomic mass is 10.3. The molecule has 1 heterocycles. The zero-order chi connectivity index (χ0) is 16.9. The fraction of sp³-hybridized carbons (Fsp3) is 0.176. The lowest BCUT2D eigenvalue weighted by molar-refractivity contribution is -0.113. The van der Waals surface area contributed by atoms with Gasteiger partial charge in [0.2, 0.25) is 5.91 Å². The molecule has 0 aliphatic carbocycles. The second-order valence-electron chi connectivity index (χ2n) is 4.87. The van der Waals surface area contributed by atoms with Crippen LogP contribution in [0.2, 0.25) is 0 Å². The highest BCUT2D eigenvalue weighted by Gasteiger charge is 2.09. The van der Waals surface area contributed by atoms with Gasteiger partial charge in [-0.05, 0) is 36.4 Å². The van der Waals surface area contributed by atoms with Gasteiger partial charge in [0.15, 0.2) is 5.13 Å². The number of carbonyl (C=O) groups excluding carboxylic acids is 1. The van der Waals surface area contributed by atoms with Crippen molar-refractivity contribution in [3.8, 4) is 11.5 Å². The topological polar surface area (TPSA) is 60.5 Å². The zero-order valence-electron chi connectivity index (χ0n) is 13.2. The smallest absolute Gasteiger partial charge is 0.236 e. The fourth-order valence-electron chi connectivity index (χ4n) is 2.08. The molecule has 0 spiro atoms. The minimum absolute atomic E-state index is 0.0890. The molecule has 7 heteroatoms. The van der Waals surface area contributed by atoms with Crippen molar-refractivity contribution >= 4 is 44.4 Å². The molecular weight excluding hydrogens is 344 g/mol. The van der Waals surface area contributed by atoms with E-state index in [0.29, 0.717) is 10.9 Å². The van der Waals surface area contributed by atoms with E-state index in [1.54, 1.807) is 14.2 Å². The Labute approximate surface area is 148 Å². The molecule has 0 saturated carbocycles. The number of thiazole rings is 1. The number of methoxy groups -OCH3 is 2. The maximum atomic E-state index is 12.1. The molecule has 5 nitrogen and oxygen atoms in total. The van der Waals surface area contributed by atoms with E-state index < -0.39 is 0 Å². The van der Waals surface area contributed by atoms with E-state index in [-0.39, 0.29) is 5.91 Å². The molecule has 0 bridgehead atoms. The summed E-state index contributed by atoms with van der Waals surface area (Å²) in [7, 11) is 3.25. The van der Waals surface area contributed by atoms with E-state index in [9.17, 15) is 4.79 Å². The third-order valence-electron chi connectivity index (χ3n) is 3.25. The number of aromatic nitrogens is 1. The number of amides is 1. The van der Waals surface area contributed by atoms with Gasteiger partial charge in [-0.25, -0.2) is 4.98 Å². The van der Waals surface area contributed by atoms with E-state index in [4.69, 9.17) is 9.47 Å². The van der Waals surface area contributed by atoms with Crippen molar-refractivity contribution in [1.29, 1.82) is 0 Å². The van der Waals surface area contributed by atoms with Gasteiger partial charge in [0.25, 0.3) is 0 Å². The Morgan fingerprint density at radius 1 is 1.17 bits per heavy atom. The first-order valence-electron chi connectivity index (χ1n) is 7.19. The summed E-state index contributed by atoms with van der Waals surface area (Å²) >= 11 is 2.89. The Balaban J connectivity index is 1.62. The number of nitrogens with zero attached hydrogens (tertiary/aromatic N) is 1. The molecule has 0 fully saturated rings. The van der Waals surface area contributed by atoms with Crippen LogP contribution in [0, 0.1) is 0 Å². The molecule has 0 aliphatic heterocycles. The molecule has 124 valence electrons. The van der Waals surface area contributed by atoms with Crippen molar-refractivity contribution in [3.63, 3.8) is 0 Å². The lowest BCUT2D eigenvalue weighted by Crippen LogP contribution is -2.13. The number of nitrogens with one attached hydrogen (secondary N) is 1. The quantitative estimate of drug-likeness (QED) is 0.672. The van der Waals surface area contributed by atoms with Crippen LogP contribution in [0.15, 0.2) is 47.4 Å². The van der Waals surface area contributed by atoms with Crippen LogP contribution in [-0.4, -0.2) is 30.9 Å². The van der Waals surface area contributed by atoms with Gasteiger partial charge >= 0.3 is 0 Å². The predicted molar refractivity (Wildman–Crippen MR) is 98.5 cm³/mol. The molecule has 24 heavy (non-hydrogen) atoms. The van der Waals surface area contributed by atoms with Gasteiger partial charge in [-0.2, -0.15) is 0 Å². The number of ether oxygens (including phenoxy) is 2. The second kappa shape index (κ2) is 7.55. The highest BCUT2D eigenvalue weighted by molar-refractivity contribution is 8.00. The molecule has 1 N–H and O–H groups in total. The largest absolute Gasteiger partial charge is 0.497 e. The Morgan fingerprint density at radius 2 is 1.96 bits per heavy atom. The van der Waals surface area contributed by atoms with Crippen molar-refractivity contribution in [1.82, 2.24) is 4.98 Å². The number of carbonyl (C=O) groups is 1. The molecule has 2 aromatic carbocycles. The minimum Gasteiger partial charge on any atom is -0.497 e. The first-order chi connectivity index (χ1) is 11.7. The molecule has 1 amide bonds. The van der Waals surface area contributed by atoms with Crippen molar-refractivity contribution < 1.29 is 14.3 Å². The van der Waals surface area contributed by atoms with Crippen LogP contribution in [0.4, 0.5) is 5.13 Å². The van der Waals surface area contributed by atoms with Crippen LogP contribution in [-0.2, 0) is 4.79 Å². The number of thioether (sulfide) groups is 1. The predicted octanol–water partition coefficient (Wildman–Crippen LogP) is 4.04. The van der Waals surface area contributed by atoms with Gasteiger partial charge in [0.1, 0.15) is 11.5 Å². The summed E-state index contributed by atoms with van der Waals surface area (Å²) in [5.74, 6) is 1.78. The van der Waals surface area contributed by atoms with Crippen molar-refractivity contribution in [2.45, 2.75) is 4.90 Å². The van der Waals surface area contributed by atoms with Crippen molar-refractivity contribution in [2.75, 3.05) is 25.3 Å². The number of benzene rings is 2. The van der Waals surface area contributed by atoms with E-state index in [0.717, 1.165) is 26.6 Å². The second-order valence-corrected chi connectivity index (χ2v) is 6.95. The van der Waals surface area contributed by atoms with Gasteiger partial charge in [0.05, 0.1) is 30.2 Å². The molecule has 3 rings (SSSR count). The average Bonchev–Trinajstić information content (AvgIpc) is 3.01. The Bertz CT molecular complexity index is 864. The first-order valence-corrected chi connectivity index (χ1v) is 8.99. The summed E-state index contributed by atoms with van der Waals surface area (Å²) in [5, 5.41) is 3.44. The van der Waals surface area contributed by atoms with E-state index in [1.165, 1.54) is 23.1 Å². The molecule has 0 atom stereocenters. The summed E-state index contributed by atoms with van der Waals surface area (Å²) in [5.41, 5.74) is 0.844. The maximum Gasteiger partial charge on any atom is 0.236 e. The third-order valence-corrected chi connectivity index (χ3v) is 5.18. The summed E-state index contributed by atoms with van der Waals surface area (Å²) in [6.45, 7) is 0. The Morgan fingerprint density at radius 3 is 2.75 bits per heavy atom. The number of hydrogen-bond acceptors (Lipinski definition) is 6. The van der Waals surface area contributed by atoms with Gasteiger partial charge in [-0.15, -0.1) is 11.8 Å². The normalized spacial score (nSPS) is 10.6. The summed E-state index contributed by atoms with van der Waals surface area (Å²) in [6.07, 6.45) is 0. The van der Waals surface area contributed by atoms with Crippen LogP contribution in [0.5, 0.6) is 11.5 Å². The Hall–Kier alpha value is -2.25. The summed E-state index contributed by atoms with van der Waals surface area (Å²) < 4.78 is 11.4. The lowest BCUT2D eigenvalue weighted by Gasteiger charge is -2.04. The molecule has 0 unspecified atom stereocenters. The van der Waals surface area contributed by atoms with E-state index in [2.05, 4.69) is 10.3 Å². The molecular formula is C17H16N2O3S2. The highest BCUT2D eigenvalue weighted by Crippen LogP contribution is 2.29. The standard InChI is InChI=1S/C17H16N2O3S2/c1-21-11-4-3-5-13(8-11)23-10-16(20)19-17-18-14-7-6-12(22-2)9-15(14)24-17/h3-9H,10H2,1-2H3,(H,18,19,20). The zero-order valence-corrected chi connectivity index (χ0v) is 14.9. The minimum atomic E-state index is -0.0890. The SMILES string of the molecule is COc1cccc(SCC(=O)Nc2nc3ccc(OC)cc3s2)c1. The van der Waals surface area contributed by atoms with Gasteiger partial charge in [-0.3, -0.25) is 4.79 Å². The van der Waals surface area contributed by atoms with E-state index in [1.807, 2.05) is 42.5 Å². The first kappa shape index (κ1) is 16.6. The van der Waals surface area contributed by atoms with E-state index >= 15 is 0 Å². The van der Waals surface area contributed by atoms with Gasteiger partial charge in [-0.1, -0.05) is 17.4 Å². The molecule has 0 saturated heterocycles. The molecule has 1 aromatic heterocycles. The molecule has 0 radical (unpaired) electrons. The number of hydrogen-bond donors (Lipinski definition) is 1. The van der Waals surface area contributed by atoms with Gasteiger partial charge < -0.3 is 14.8 Å². The van der Waals surface area contributed by atoms with Crippen molar-refractivity contribution in [3.05, 3.63) is 42.5 Å². The third kappa shape index (κ3) is 3.98. The van der Waals surface area contributed by atoms with Crippen LogP contribution in [0.3, 0.4) is 0 Å². The maximum absolute atomic E-state index is 12.1. The number of rotatable bonds is 6. The number of fused-ring (bicyclic) bond motifs is 1. The Kier molecular flexibility index (Phi) is 5.22. The van der Waals surface area contributed by atoms with Crippen LogP contribution >= 0.6 is 23.1 Å². The number of anilines is 1. The monoisotopic (exact) mass is 360 g/mol. The van der Waals surface area contributed by atoms with Crippen LogP contribution in [0.25, 0.3) is 10.2 Å². The van der Waals surface area contributed by atoms with Crippen molar-refractivity contribution in [2.24, 2.45) is 0 Å². The summed E-state index contributed by atoms with van der Waals surface area (Å²) in [4.78, 5) is 17.5. The molecule has 3 aromatic rings. The fourth-order valence-corrected chi connectivity index (χ4v) is 3.74. The molecule has 0 aliphatic rings. The van der Waals surface area contributed by atoms with Crippen LogP contribution < -0.4 is 14.8 Å².